The number of aryl methyl sites for hydroxylation is 1. The van der Waals surface area contributed by atoms with Crippen molar-refractivity contribution >= 4 is 24.1 Å². The molecular weight excluding hydrogens is 390 g/mol. The fraction of sp³-hybridized carbons (Fsp3) is 0.500. The van der Waals surface area contributed by atoms with Gasteiger partial charge in [-0.3, -0.25) is 14.6 Å². The highest BCUT2D eigenvalue weighted by Gasteiger charge is 2.33. The SMILES string of the molecule is Cc1c(C(=O)N(Cc2ccccn2)C2CCCNCC2)oc2c1C(=O)CCC2.Cl. The van der Waals surface area contributed by atoms with Gasteiger partial charge >= 0.3 is 0 Å². The zero-order valence-corrected chi connectivity index (χ0v) is 17.6. The monoisotopic (exact) mass is 417 g/mol. The molecule has 0 bridgehead atoms. The summed E-state index contributed by atoms with van der Waals surface area (Å²) in [5.41, 5.74) is 2.19. The van der Waals surface area contributed by atoms with Crippen molar-refractivity contribution < 1.29 is 14.0 Å². The Bertz CT molecular complexity index is 858. The second-order valence-corrected chi connectivity index (χ2v) is 7.72. The predicted octanol–water partition coefficient (Wildman–Crippen LogP) is 3.71. The Labute approximate surface area is 177 Å². The molecule has 0 aromatic carbocycles. The van der Waals surface area contributed by atoms with Crippen LogP contribution in [0, 0.1) is 6.92 Å². The van der Waals surface area contributed by atoms with Crippen molar-refractivity contribution in [1.82, 2.24) is 15.2 Å². The Morgan fingerprint density at radius 1 is 1.24 bits per heavy atom. The van der Waals surface area contributed by atoms with E-state index in [1.165, 1.54) is 0 Å². The van der Waals surface area contributed by atoms with Crippen LogP contribution >= 0.6 is 12.4 Å². The molecule has 1 aliphatic heterocycles. The maximum atomic E-state index is 13.6. The lowest BCUT2D eigenvalue weighted by Gasteiger charge is -2.30. The van der Waals surface area contributed by atoms with Crippen molar-refractivity contribution in [2.45, 2.75) is 58.0 Å². The Morgan fingerprint density at radius 3 is 2.86 bits per heavy atom. The first-order valence-corrected chi connectivity index (χ1v) is 10.2. The third-order valence-electron chi connectivity index (χ3n) is 5.81. The summed E-state index contributed by atoms with van der Waals surface area (Å²) < 4.78 is 5.96. The molecule has 0 spiro atoms. The van der Waals surface area contributed by atoms with E-state index in [4.69, 9.17) is 4.42 Å². The molecule has 7 heteroatoms. The number of aromatic nitrogens is 1. The highest BCUT2D eigenvalue weighted by atomic mass is 35.5. The van der Waals surface area contributed by atoms with Gasteiger partial charge in [0.05, 0.1) is 17.8 Å². The number of nitrogens with one attached hydrogen (secondary N) is 1. The first kappa shape index (κ1) is 21.5. The maximum Gasteiger partial charge on any atom is 0.290 e. The molecular formula is C22H28ClN3O3. The first-order chi connectivity index (χ1) is 13.6. The number of nitrogens with zero attached hydrogens (tertiary/aromatic N) is 2. The van der Waals surface area contributed by atoms with Crippen LogP contribution < -0.4 is 5.32 Å². The van der Waals surface area contributed by atoms with E-state index in [0.717, 1.165) is 50.9 Å². The van der Waals surface area contributed by atoms with Crippen LogP contribution in [0.4, 0.5) is 0 Å². The van der Waals surface area contributed by atoms with E-state index in [2.05, 4.69) is 10.3 Å². The van der Waals surface area contributed by atoms with Gasteiger partial charge in [0.15, 0.2) is 11.5 Å². The number of furan rings is 1. The lowest BCUT2D eigenvalue weighted by Crippen LogP contribution is -2.40. The summed E-state index contributed by atoms with van der Waals surface area (Å²) in [6.45, 7) is 4.16. The quantitative estimate of drug-likeness (QED) is 0.820. The van der Waals surface area contributed by atoms with Gasteiger partial charge in [0.1, 0.15) is 5.76 Å². The van der Waals surface area contributed by atoms with Crippen LogP contribution in [-0.2, 0) is 13.0 Å². The van der Waals surface area contributed by atoms with Gasteiger partial charge in [0.2, 0.25) is 0 Å². The van der Waals surface area contributed by atoms with E-state index in [-0.39, 0.29) is 30.1 Å². The van der Waals surface area contributed by atoms with Crippen molar-refractivity contribution in [3.05, 3.63) is 52.7 Å². The van der Waals surface area contributed by atoms with Crippen LogP contribution in [0.3, 0.4) is 0 Å². The number of pyridine rings is 1. The van der Waals surface area contributed by atoms with Crippen LogP contribution in [0.2, 0.25) is 0 Å². The number of Topliss-reactive ketones (excluding diaryl/α,β-unsaturated/α-hetero) is 1. The van der Waals surface area contributed by atoms with Crippen molar-refractivity contribution in [3.63, 3.8) is 0 Å². The van der Waals surface area contributed by atoms with E-state index in [9.17, 15) is 9.59 Å². The maximum absolute atomic E-state index is 13.6. The molecule has 29 heavy (non-hydrogen) atoms. The first-order valence-electron chi connectivity index (χ1n) is 10.2. The van der Waals surface area contributed by atoms with Gasteiger partial charge in [-0.1, -0.05) is 6.07 Å². The van der Waals surface area contributed by atoms with Crippen molar-refractivity contribution in [1.29, 1.82) is 0 Å². The summed E-state index contributed by atoms with van der Waals surface area (Å²) in [6.07, 6.45) is 6.68. The molecule has 0 saturated carbocycles. The van der Waals surface area contributed by atoms with Crippen LogP contribution in [0.1, 0.15) is 70.0 Å². The van der Waals surface area contributed by atoms with Crippen molar-refractivity contribution in [3.8, 4) is 0 Å². The Kier molecular flexibility index (Phi) is 7.09. The lowest BCUT2D eigenvalue weighted by atomic mass is 9.94. The van der Waals surface area contributed by atoms with E-state index in [1.54, 1.807) is 6.20 Å². The largest absolute Gasteiger partial charge is 0.455 e. The van der Waals surface area contributed by atoms with Gasteiger partial charge in [-0.2, -0.15) is 0 Å². The number of carbonyl (C=O) groups is 2. The van der Waals surface area contributed by atoms with Crippen LogP contribution in [0.15, 0.2) is 28.8 Å². The minimum absolute atomic E-state index is 0. The summed E-state index contributed by atoms with van der Waals surface area (Å²) >= 11 is 0. The van der Waals surface area contributed by atoms with Gasteiger partial charge in [-0.05, 0) is 57.8 Å². The van der Waals surface area contributed by atoms with E-state index < -0.39 is 0 Å². The molecule has 3 heterocycles. The molecule has 1 amide bonds. The highest BCUT2D eigenvalue weighted by Crippen LogP contribution is 2.31. The zero-order chi connectivity index (χ0) is 19.5. The molecule has 1 unspecified atom stereocenters. The Balaban J connectivity index is 0.00000240. The average molecular weight is 418 g/mol. The minimum Gasteiger partial charge on any atom is -0.455 e. The van der Waals surface area contributed by atoms with Crippen LogP contribution in [0.5, 0.6) is 0 Å². The summed E-state index contributed by atoms with van der Waals surface area (Å²) in [6, 6.07) is 5.89. The number of carbonyl (C=O) groups excluding carboxylic acids is 2. The molecule has 2 aromatic rings. The smallest absolute Gasteiger partial charge is 0.290 e. The van der Waals surface area contributed by atoms with Crippen molar-refractivity contribution in [2.24, 2.45) is 0 Å². The minimum atomic E-state index is -0.128. The lowest BCUT2D eigenvalue weighted by molar-refractivity contribution is 0.0606. The van der Waals surface area contributed by atoms with Gasteiger partial charge in [0, 0.05) is 30.6 Å². The summed E-state index contributed by atoms with van der Waals surface area (Å²) in [5.74, 6) is 0.972. The molecule has 0 radical (unpaired) electrons. The molecule has 4 rings (SSSR count). The van der Waals surface area contributed by atoms with Gasteiger partial charge in [-0.25, -0.2) is 0 Å². The fourth-order valence-corrected chi connectivity index (χ4v) is 4.33. The molecule has 2 aliphatic rings. The average Bonchev–Trinajstić information content (AvgIpc) is 2.88. The molecule has 6 nitrogen and oxygen atoms in total. The number of rotatable bonds is 4. The van der Waals surface area contributed by atoms with Gasteiger partial charge < -0.3 is 14.6 Å². The second kappa shape index (κ2) is 9.55. The van der Waals surface area contributed by atoms with Gasteiger partial charge in [0.25, 0.3) is 5.91 Å². The zero-order valence-electron chi connectivity index (χ0n) is 16.8. The molecule has 1 atom stereocenters. The third kappa shape index (κ3) is 4.54. The molecule has 1 N–H and O–H groups in total. The second-order valence-electron chi connectivity index (χ2n) is 7.72. The van der Waals surface area contributed by atoms with Crippen LogP contribution in [-0.4, -0.2) is 40.7 Å². The summed E-state index contributed by atoms with van der Waals surface area (Å²) in [7, 11) is 0. The van der Waals surface area contributed by atoms with Crippen LogP contribution in [0.25, 0.3) is 0 Å². The number of halogens is 1. The molecule has 1 saturated heterocycles. The molecule has 156 valence electrons. The number of ketones is 1. The number of hydrogen-bond donors (Lipinski definition) is 1. The highest BCUT2D eigenvalue weighted by molar-refractivity contribution is 6.03. The van der Waals surface area contributed by atoms with E-state index in [0.29, 0.717) is 35.6 Å². The summed E-state index contributed by atoms with van der Waals surface area (Å²) in [5, 5.41) is 3.41. The standard InChI is InChI=1S/C22H27N3O3.ClH/c1-15-20-18(26)8-4-9-19(20)28-21(15)22(27)25(14-16-6-2-3-12-24-16)17-7-5-11-23-13-10-17;/h2-3,6,12,17,23H,4-5,7-11,13-14H2,1H3;1H. The molecule has 1 fully saturated rings. The fourth-order valence-electron chi connectivity index (χ4n) is 4.33. The Hall–Kier alpha value is -2.18. The number of hydrogen-bond acceptors (Lipinski definition) is 5. The van der Waals surface area contributed by atoms with Gasteiger partial charge in [-0.15, -0.1) is 12.4 Å². The van der Waals surface area contributed by atoms with E-state index >= 15 is 0 Å². The number of fused-ring (bicyclic) bond motifs is 1. The topological polar surface area (TPSA) is 75.4 Å². The predicted molar refractivity (Wildman–Crippen MR) is 113 cm³/mol. The molecule has 2 aromatic heterocycles. The van der Waals surface area contributed by atoms with E-state index in [1.807, 2.05) is 30.0 Å². The third-order valence-corrected chi connectivity index (χ3v) is 5.81. The Morgan fingerprint density at radius 2 is 2.10 bits per heavy atom. The summed E-state index contributed by atoms with van der Waals surface area (Å²) in [4.78, 5) is 32.2. The normalized spacial score (nSPS) is 19.1. The van der Waals surface area contributed by atoms with Crippen molar-refractivity contribution in [2.75, 3.05) is 13.1 Å². The molecule has 1 aliphatic carbocycles. The number of amides is 1.